The maximum atomic E-state index is 12.7. The molecule has 2 aromatic heterocycles. The first kappa shape index (κ1) is 18.7. The molecule has 0 bridgehead atoms. The normalized spacial score (nSPS) is 14.0. The number of nitrogens with zero attached hydrogens (tertiary/aromatic N) is 4. The van der Waals surface area contributed by atoms with E-state index < -0.39 is 0 Å². The predicted molar refractivity (Wildman–Crippen MR) is 107 cm³/mol. The molecule has 0 saturated carbocycles. The van der Waals surface area contributed by atoms with Gasteiger partial charge in [-0.25, -0.2) is 0 Å². The highest BCUT2D eigenvalue weighted by molar-refractivity contribution is 5.93. The molecule has 1 aliphatic heterocycles. The SMILES string of the molecule is Cc1cccc(Nc2ccc(C(=O)N3CCN(C(=O)c4ccco4)CC3)nn2)c1. The fraction of sp³-hybridized carbons (Fsp3) is 0.238. The molecule has 3 aromatic rings. The number of carbonyl (C=O) groups excluding carboxylic acids is 2. The van der Waals surface area contributed by atoms with Crippen LogP contribution in [0.25, 0.3) is 0 Å². The monoisotopic (exact) mass is 391 g/mol. The Bertz CT molecular complexity index is 993. The molecule has 2 amide bonds. The summed E-state index contributed by atoms with van der Waals surface area (Å²) in [5.74, 6) is 0.534. The first-order valence-corrected chi connectivity index (χ1v) is 9.39. The highest BCUT2D eigenvalue weighted by atomic mass is 16.3. The van der Waals surface area contributed by atoms with E-state index in [4.69, 9.17) is 4.42 Å². The molecule has 0 unspecified atom stereocenters. The van der Waals surface area contributed by atoms with E-state index in [2.05, 4.69) is 15.5 Å². The number of hydrogen-bond acceptors (Lipinski definition) is 6. The van der Waals surface area contributed by atoms with E-state index in [0.717, 1.165) is 11.3 Å². The molecule has 1 fully saturated rings. The molecule has 8 heteroatoms. The Hall–Kier alpha value is -3.68. The lowest BCUT2D eigenvalue weighted by Gasteiger charge is -2.34. The van der Waals surface area contributed by atoms with Gasteiger partial charge in [-0.15, -0.1) is 10.2 Å². The van der Waals surface area contributed by atoms with Crippen LogP contribution < -0.4 is 5.32 Å². The van der Waals surface area contributed by atoms with E-state index in [1.165, 1.54) is 6.26 Å². The van der Waals surface area contributed by atoms with Gasteiger partial charge in [0.2, 0.25) is 0 Å². The van der Waals surface area contributed by atoms with Crippen molar-refractivity contribution in [3.63, 3.8) is 0 Å². The number of aromatic nitrogens is 2. The van der Waals surface area contributed by atoms with E-state index in [0.29, 0.717) is 37.8 Å². The van der Waals surface area contributed by atoms with Crippen LogP contribution in [0.15, 0.2) is 59.2 Å². The second-order valence-electron chi connectivity index (χ2n) is 6.86. The summed E-state index contributed by atoms with van der Waals surface area (Å²) in [6, 6.07) is 14.6. The van der Waals surface area contributed by atoms with Gasteiger partial charge in [-0.05, 0) is 48.9 Å². The molecule has 0 aliphatic carbocycles. The summed E-state index contributed by atoms with van der Waals surface area (Å²) in [6.45, 7) is 3.80. The van der Waals surface area contributed by atoms with Gasteiger partial charge in [0.1, 0.15) is 0 Å². The highest BCUT2D eigenvalue weighted by Crippen LogP contribution is 2.16. The van der Waals surface area contributed by atoms with Crippen LogP contribution in [0.2, 0.25) is 0 Å². The Kier molecular flexibility index (Phi) is 5.24. The standard InChI is InChI=1S/C21H21N5O3/c1-15-4-2-5-16(14-15)22-19-8-7-17(23-24-19)20(27)25-9-11-26(12-10-25)21(28)18-6-3-13-29-18/h2-8,13-14H,9-12H2,1H3,(H,22,24). The molecule has 0 radical (unpaired) electrons. The number of furan rings is 1. The number of hydrogen-bond donors (Lipinski definition) is 1. The summed E-state index contributed by atoms with van der Waals surface area (Å²) in [5, 5.41) is 11.3. The number of aryl methyl sites for hydroxylation is 1. The van der Waals surface area contributed by atoms with Crippen molar-refractivity contribution in [1.82, 2.24) is 20.0 Å². The van der Waals surface area contributed by atoms with Crippen LogP contribution in [0, 0.1) is 6.92 Å². The number of nitrogens with one attached hydrogen (secondary N) is 1. The maximum Gasteiger partial charge on any atom is 0.289 e. The quantitative estimate of drug-likeness (QED) is 0.735. The van der Waals surface area contributed by atoms with E-state index in [9.17, 15) is 9.59 Å². The average molecular weight is 391 g/mol. The maximum absolute atomic E-state index is 12.7. The molecular weight excluding hydrogens is 370 g/mol. The average Bonchev–Trinajstić information content (AvgIpc) is 3.28. The molecule has 3 heterocycles. The lowest BCUT2D eigenvalue weighted by molar-refractivity contribution is 0.0514. The van der Waals surface area contributed by atoms with E-state index in [-0.39, 0.29) is 17.5 Å². The van der Waals surface area contributed by atoms with Crippen LogP contribution in [0.4, 0.5) is 11.5 Å². The first-order chi connectivity index (χ1) is 14.1. The molecule has 0 spiro atoms. The molecule has 1 N–H and O–H groups in total. The van der Waals surface area contributed by atoms with Gasteiger partial charge in [0.05, 0.1) is 6.26 Å². The van der Waals surface area contributed by atoms with E-state index in [1.54, 1.807) is 34.1 Å². The van der Waals surface area contributed by atoms with Gasteiger partial charge in [-0.3, -0.25) is 9.59 Å². The van der Waals surface area contributed by atoms with Gasteiger partial charge in [-0.1, -0.05) is 12.1 Å². The summed E-state index contributed by atoms with van der Waals surface area (Å²) >= 11 is 0. The van der Waals surface area contributed by atoms with Crippen molar-refractivity contribution in [2.24, 2.45) is 0 Å². The summed E-state index contributed by atoms with van der Waals surface area (Å²) in [5.41, 5.74) is 2.33. The number of piperazine rings is 1. The van der Waals surface area contributed by atoms with Gasteiger partial charge in [0.15, 0.2) is 17.3 Å². The Morgan fingerprint density at radius 2 is 1.69 bits per heavy atom. The van der Waals surface area contributed by atoms with Crippen LogP contribution in [-0.4, -0.2) is 58.0 Å². The fourth-order valence-corrected chi connectivity index (χ4v) is 3.21. The Labute approximate surface area is 168 Å². The van der Waals surface area contributed by atoms with Crippen molar-refractivity contribution in [2.45, 2.75) is 6.92 Å². The Balaban J connectivity index is 1.34. The van der Waals surface area contributed by atoms with Gasteiger partial charge < -0.3 is 19.5 Å². The van der Waals surface area contributed by atoms with Crippen molar-refractivity contribution in [3.05, 3.63) is 71.8 Å². The molecular formula is C21H21N5O3. The minimum absolute atomic E-state index is 0.159. The number of rotatable bonds is 4. The van der Waals surface area contributed by atoms with Gasteiger partial charge in [0, 0.05) is 31.9 Å². The zero-order chi connectivity index (χ0) is 20.2. The predicted octanol–water partition coefficient (Wildman–Crippen LogP) is 2.72. The minimum atomic E-state index is -0.190. The van der Waals surface area contributed by atoms with Crippen molar-refractivity contribution in [2.75, 3.05) is 31.5 Å². The molecule has 148 valence electrons. The number of benzene rings is 1. The lowest BCUT2D eigenvalue weighted by Crippen LogP contribution is -2.50. The lowest BCUT2D eigenvalue weighted by atomic mass is 10.2. The summed E-state index contributed by atoms with van der Waals surface area (Å²) < 4.78 is 5.16. The van der Waals surface area contributed by atoms with Crippen molar-refractivity contribution >= 4 is 23.3 Å². The van der Waals surface area contributed by atoms with Crippen LogP contribution in [0.1, 0.15) is 26.6 Å². The smallest absolute Gasteiger partial charge is 0.289 e. The third-order valence-corrected chi connectivity index (χ3v) is 4.76. The molecule has 1 saturated heterocycles. The summed E-state index contributed by atoms with van der Waals surface area (Å²) in [4.78, 5) is 28.4. The van der Waals surface area contributed by atoms with Gasteiger partial charge in [0.25, 0.3) is 11.8 Å². The van der Waals surface area contributed by atoms with Crippen LogP contribution >= 0.6 is 0 Å². The molecule has 1 aromatic carbocycles. The van der Waals surface area contributed by atoms with Crippen molar-refractivity contribution in [1.29, 1.82) is 0 Å². The zero-order valence-electron chi connectivity index (χ0n) is 16.0. The highest BCUT2D eigenvalue weighted by Gasteiger charge is 2.27. The summed E-state index contributed by atoms with van der Waals surface area (Å²) in [7, 11) is 0. The molecule has 8 nitrogen and oxygen atoms in total. The van der Waals surface area contributed by atoms with E-state index in [1.807, 2.05) is 31.2 Å². The first-order valence-electron chi connectivity index (χ1n) is 9.39. The largest absolute Gasteiger partial charge is 0.459 e. The van der Waals surface area contributed by atoms with E-state index >= 15 is 0 Å². The second-order valence-corrected chi connectivity index (χ2v) is 6.86. The molecule has 4 rings (SSSR count). The number of anilines is 2. The second kappa shape index (κ2) is 8.14. The number of carbonyl (C=O) groups is 2. The van der Waals surface area contributed by atoms with Crippen molar-refractivity contribution in [3.8, 4) is 0 Å². The Morgan fingerprint density at radius 3 is 2.31 bits per heavy atom. The molecule has 29 heavy (non-hydrogen) atoms. The number of amides is 2. The van der Waals surface area contributed by atoms with Crippen LogP contribution in [-0.2, 0) is 0 Å². The molecule has 0 atom stereocenters. The zero-order valence-corrected chi connectivity index (χ0v) is 16.0. The summed E-state index contributed by atoms with van der Waals surface area (Å²) in [6.07, 6.45) is 1.48. The third-order valence-electron chi connectivity index (χ3n) is 4.76. The Morgan fingerprint density at radius 1 is 0.931 bits per heavy atom. The topological polar surface area (TPSA) is 91.6 Å². The minimum Gasteiger partial charge on any atom is -0.459 e. The molecule has 1 aliphatic rings. The third kappa shape index (κ3) is 4.26. The van der Waals surface area contributed by atoms with Crippen LogP contribution in [0.5, 0.6) is 0 Å². The van der Waals surface area contributed by atoms with Gasteiger partial charge >= 0.3 is 0 Å². The fourth-order valence-electron chi connectivity index (χ4n) is 3.21. The van der Waals surface area contributed by atoms with Crippen molar-refractivity contribution < 1.29 is 14.0 Å². The van der Waals surface area contributed by atoms with Gasteiger partial charge in [-0.2, -0.15) is 0 Å². The van der Waals surface area contributed by atoms with Crippen LogP contribution in [0.3, 0.4) is 0 Å².